The number of hydrogen-bond acceptors (Lipinski definition) is 3. The van der Waals surface area contributed by atoms with Crippen molar-refractivity contribution in [1.29, 1.82) is 0 Å². The molecule has 0 aliphatic heterocycles. The fourth-order valence-corrected chi connectivity index (χ4v) is 1.18. The average Bonchev–Trinajstić information content (AvgIpc) is 2.86. The van der Waals surface area contributed by atoms with E-state index in [-0.39, 0.29) is 11.4 Å². The molecule has 84 valence electrons. The molecule has 0 spiro atoms. The molecule has 0 aromatic carbocycles. The second-order valence-electron chi connectivity index (χ2n) is 5.10. The van der Waals surface area contributed by atoms with Crippen LogP contribution < -0.4 is 4.74 Å². The molecule has 0 N–H and O–H groups in total. The van der Waals surface area contributed by atoms with Crippen molar-refractivity contribution in [3.05, 3.63) is 11.8 Å². The maximum atomic E-state index is 13.3. The van der Waals surface area contributed by atoms with Gasteiger partial charge in [-0.05, 0) is 18.8 Å². The Morgan fingerprint density at radius 1 is 1.47 bits per heavy atom. The van der Waals surface area contributed by atoms with Gasteiger partial charge in [-0.25, -0.2) is 0 Å². The van der Waals surface area contributed by atoms with E-state index in [1.807, 2.05) is 20.8 Å². The van der Waals surface area contributed by atoms with E-state index < -0.39 is 5.95 Å². The Morgan fingerprint density at radius 2 is 2.13 bits per heavy atom. The molecule has 0 atom stereocenters. The molecule has 0 amide bonds. The molecule has 4 heteroatoms. The smallest absolute Gasteiger partial charge is 0.343 e. The van der Waals surface area contributed by atoms with Crippen LogP contribution in [0.15, 0.2) is 4.42 Å². The van der Waals surface area contributed by atoms with Gasteiger partial charge in [-0.15, -0.1) is 0 Å². The lowest BCUT2D eigenvalue weighted by atomic mass is 9.97. The number of nitrogens with zero attached hydrogens (tertiary/aromatic N) is 1. The molecular formula is C11H16FNO2. The van der Waals surface area contributed by atoms with Crippen molar-refractivity contribution < 1.29 is 13.5 Å². The summed E-state index contributed by atoms with van der Waals surface area (Å²) in [7, 11) is 0. The zero-order valence-corrected chi connectivity index (χ0v) is 9.34. The summed E-state index contributed by atoms with van der Waals surface area (Å²) in [6.07, 6.45) is 2.34. The van der Waals surface area contributed by atoms with Crippen LogP contribution in [0, 0.1) is 11.9 Å². The molecule has 0 bridgehead atoms. The molecule has 1 aromatic heterocycles. The highest BCUT2D eigenvalue weighted by Gasteiger charge is 2.27. The summed E-state index contributed by atoms with van der Waals surface area (Å²) in [5.41, 5.74) is -0.290. The predicted octanol–water partition coefficient (Wildman–Crippen LogP) is 2.90. The van der Waals surface area contributed by atoms with Crippen LogP contribution in [0.25, 0.3) is 0 Å². The molecule has 1 aliphatic rings. The lowest BCUT2D eigenvalue weighted by Gasteiger charge is -2.11. The first-order valence-corrected chi connectivity index (χ1v) is 5.26. The Balaban J connectivity index is 2.06. The largest absolute Gasteiger partial charge is 0.462 e. The molecule has 2 rings (SSSR count). The Labute approximate surface area is 88.6 Å². The highest BCUT2D eigenvalue weighted by molar-refractivity contribution is 5.08. The highest BCUT2D eigenvalue weighted by Crippen LogP contribution is 2.32. The van der Waals surface area contributed by atoms with Crippen LogP contribution in [0.3, 0.4) is 0 Å². The number of hydrogen-bond donors (Lipinski definition) is 0. The summed E-state index contributed by atoms with van der Waals surface area (Å²) in [5.74, 6) is 0.255. The van der Waals surface area contributed by atoms with Gasteiger partial charge in [0.25, 0.3) is 5.95 Å². The lowest BCUT2D eigenvalue weighted by molar-refractivity contribution is 0.206. The zero-order valence-electron chi connectivity index (χ0n) is 9.34. The van der Waals surface area contributed by atoms with Gasteiger partial charge in [0.1, 0.15) is 0 Å². The monoisotopic (exact) mass is 213 g/mol. The molecule has 1 fully saturated rings. The van der Waals surface area contributed by atoms with Gasteiger partial charge in [-0.3, -0.25) is 0 Å². The Hall–Kier alpha value is -1.06. The van der Waals surface area contributed by atoms with Crippen LogP contribution in [0.1, 0.15) is 39.5 Å². The van der Waals surface area contributed by atoms with Crippen LogP contribution in [0.5, 0.6) is 5.95 Å². The van der Waals surface area contributed by atoms with Gasteiger partial charge in [-0.2, -0.15) is 9.37 Å². The van der Waals surface area contributed by atoms with Gasteiger partial charge in [0.15, 0.2) is 0 Å². The zero-order chi connectivity index (χ0) is 11.1. The molecule has 0 radical (unpaired) electrons. The van der Waals surface area contributed by atoms with Crippen molar-refractivity contribution in [2.45, 2.75) is 39.0 Å². The number of ether oxygens (including phenoxy) is 1. The number of rotatable bonds is 3. The summed E-state index contributed by atoms with van der Waals surface area (Å²) in [4.78, 5) is 3.72. The van der Waals surface area contributed by atoms with Crippen molar-refractivity contribution in [3.8, 4) is 5.95 Å². The molecule has 0 unspecified atom stereocenters. The first-order chi connectivity index (χ1) is 6.97. The van der Waals surface area contributed by atoms with Gasteiger partial charge in [0.05, 0.1) is 6.61 Å². The molecule has 0 saturated heterocycles. The normalized spacial score (nSPS) is 16.8. The Morgan fingerprint density at radius 3 is 2.60 bits per heavy atom. The summed E-state index contributed by atoms with van der Waals surface area (Å²) < 4.78 is 23.8. The molecule has 1 heterocycles. The minimum atomic E-state index is -0.638. The first-order valence-electron chi connectivity index (χ1n) is 5.26. The van der Waals surface area contributed by atoms with E-state index >= 15 is 0 Å². The standard InChI is InChI=1S/C11H16FNO2/c1-11(2,3)10-13-8(12)9(15-10)14-6-7-4-5-7/h7H,4-6H2,1-3H3. The minimum absolute atomic E-state index is 0.0631. The van der Waals surface area contributed by atoms with Gasteiger partial charge in [-0.1, -0.05) is 20.8 Å². The van der Waals surface area contributed by atoms with E-state index in [4.69, 9.17) is 9.15 Å². The maximum Gasteiger partial charge on any atom is 0.343 e. The van der Waals surface area contributed by atoms with Crippen molar-refractivity contribution in [1.82, 2.24) is 4.98 Å². The summed E-state index contributed by atoms with van der Waals surface area (Å²) >= 11 is 0. The Kier molecular flexibility index (Phi) is 2.44. The Bertz CT molecular complexity index is 350. The van der Waals surface area contributed by atoms with Crippen LogP contribution >= 0.6 is 0 Å². The van der Waals surface area contributed by atoms with Gasteiger partial charge in [0.2, 0.25) is 5.89 Å². The van der Waals surface area contributed by atoms with E-state index in [1.165, 1.54) is 12.8 Å². The van der Waals surface area contributed by atoms with Crippen LogP contribution in [0.4, 0.5) is 4.39 Å². The van der Waals surface area contributed by atoms with Crippen molar-refractivity contribution in [2.24, 2.45) is 5.92 Å². The number of oxazole rings is 1. The van der Waals surface area contributed by atoms with E-state index in [1.54, 1.807) is 0 Å². The van der Waals surface area contributed by atoms with Crippen LogP contribution in [0.2, 0.25) is 0 Å². The fourth-order valence-electron chi connectivity index (χ4n) is 1.18. The first kappa shape index (κ1) is 10.5. The average molecular weight is 213 g/mol. The predicted molar refractivity (Wildman–Crippen MR) is 53.4 cm³/mol. The summed E-state index contributed by atoms with van der Waals surface area (Å²) in [5, 5.41) is 0. The SMILES string of the molecule is CC(C)(C)c1nc(F)c(OCC2CC2)o1. The van der Waals surface area contributed by atoms with E-state index in [0.717, 1.165) is 0 Å². The third kappa shape index (κ3) is 2.49. The van der Waals surface area contributed by atoms with Gasteiger partial charge in [0, 0.05) is 5.41 Å². The quantitative estimate of drug-likeness (QED) is 0.774. The highest BCUT2D eigenvalue weighted by atomic mass is 19.1. The van der Waals surface area contributed by atoms with E-state index in [2.05, 4.69) is 4.98 Å². The number of halogens is 1. The summed E-state index contributed by atoms with van der Waals surface area (Å²) in [6, 6.07) is 0. The van der Waals surface area contributed by atoms with Crippen molar-refractivity contribution >= 4 is 0 Å². The second-order valence-corrected chi connectivity index (χ2v) is 5.10. The number of aromatic nitrogens is 1. The van der Waals surface area contributed by atoms with E-state index in [9.17, 15) is 4.39 Å². The maximum absolute atomic E-state index is 13.3. The van der Waals surface area contributed by atoms with Crippen LogP contribution in [-0.4, -0.2) is 11.6 Å². The van der Waals surface area contributed by atoms with Gasteiger partial charge < -0.3 is 9.15 Å². The van der Waals surface area contributed by atoms with Gasteiger partial charge >= 0.3 is 5.95 Å². The molecular weight excluding hydrogens is 197 g/mol. The fraction of sp³-hybridized carbons (Fsp3) is 0.727. The molecule has 1 saturated carbocycles. The third-order valence-corrected chi connectivity index (χ3v) is 2.35. The van der Waals surface area contributed by atoms with Crippen molar-refractivity contribution in [3.63, 3.8) is 0 Å². The topological polar surface area (TPSA) is 35.3 Å². The van der Waals surface area contributed by atoms with Crippen LogP contribution in [-0.2, 0) is 5.41 Å². The van der Waals surface area contributed by atoms with E-state index in [0.29, 0.717) is 18.4 Å². The molecule has 3 nitrogen and oxygen atoms in total. The molecule has 1 aromatic rings. The molecule has 15 heavy (non-hydrogen) atoms. The minimum Gasteiger partial charge on any atom is -0.462 e. The lowest BCUT2D eigenvalue weighted by Crippen LogP contribution is -2.11. The third-order valence-electron chi connectivity index (χ3n) is 2.35. The molecule has 1 aliphatic carbocycles. The summed E-state index contributed by atoms with van der Waals surface area (Å²) in [6.45, 7) is 6.30. The second kappa shape index (κ2) is 3.51. The van der Waals surface area contributed by atoms with Crippen molar-refractivity contribution in [2.75, 3.05) is 6.61 Å².